The van der Waals surface area contributed by atoms with Gasteiger partial charge in [-0.1, -0.05) is 21.1 Å². The van der Waals surface area contributed by atoms with Crippen molar-refractivity contribution in [1.82, 2.24) is 15.1 Å². The number of pyridine rings is 1. The fourth-order valence-electron chi connectivity index (χ4n) is 3.85. The molecule has 0 N–H and O–H groups in total. The predicted octanol–water partition coefficient (Wildman–Crippen LogP) is 3.84. The number of benzene rings is 1. The first-order chi connectivity index (χ1) is 13.5. The SMILES string of the molecule is Cc1noc(-c2cc3cc(Br)cc(F)c3nc2N2CCC3(CC2)OCCO3)n1. The Kier molecular flexibility index (Phi) is 4.33. The fraction of sp³-hybridized carbons (Fsp3) is 0.421. The summed E-state index contributed by atoms with van der Waals surface area (Å²) in [4.78, 5) is 11.1. The van der Waals surface area contributed by atoms with Gasteiger partial charge in [-0.2, -0.15) is 4.98 Å². The number of piperidine rings is 1. The number of halogens is 2. The predicted molar refractivity (Wildman–Crippen MR) is 104 cm³/mol. The van der Waals surface area contributed by atoms with E-state index in [0.29, 0.717) is 64.8 Å². The number of nitrogens with zero attached hydrogens (tertiary/aromatic N) is 4. The molecule has 1 aromatic carbocycles. The molecule has 2 aliphatic rings. The molecule has 9 heteroatoms. The summed E-state index contributed by atoms with van der Waals surface area (Å²) < 4.78 is 32.2. The van der Waals surface area contributed by atoms with Crippen molar-refractivity contribution in [2.45, 2.75) is 25.6 Å². The highest BCUT2D eigenvalue weighted by molar-refractivity contribution is 9.10. The molecule has 0 saturated carbocycles. The second-order valence-electron chi connectivity index (χ2n) is 7.06. The Labute approximate surface area is 169 Å². The third-order valence-electron chi connectivity index (χ3n) is 5.21. The first kappa shape index (κ1) is 18.0. The summed E-state index contributed by atoms with van der Waals surface area (Å²) in [7, 11) is 0. The molecule has 2 aliphatic heterocycles. The number of aromatic nitrogens is 3. The molecular formula is C19H18BrFN4O3. The van der Waals surface area contributed by atoms with Crippen LogP contribution >= 0.6 is 15.9 Å². The second kappa shape index (κ2) is 6.75. The Morgan fingerprint density at radius 3 is 2.54 bits per heavy atom. The van der Waals surface area contributed by atoms with Gasteiger partial charge in [0.15, 0.2) is 17.4 Å². The quantitative estimate of drug-likeness (QED) is 0.589. The molecule has 7 nitrogen and oxygen atoms in total. The van der Waals surface area contributed by atoms with Crippen LogP contribution in [0.3, 0.4) is 0 Å². The molecule has 146 valence electrons. The molecule has 28 heavy (non-hydrogen) atoms. The summed E-state index contributed by atoms with van der Waals surface area (Å²) in [5.41, 5.74) is 1.00. The molecule has 1 spiro atoms. The van der Waals surface area contributed by atoms with Crippen molar-refractivity contribution in [3.8, 4) is 11.5 Å². The van der Waals surface area contributed by atoms with Crippen molar-refractivity contribution >= 4 is 32.7 Å². The number of fused-ring (bicyclic) bond motifs is 1. The van der Waals surface area contributed by atoms with Gasteiger partial charge in [0.05, 0.1) is 18.8 Å². The molecule has 0 amide bonds. The maximum Gasteiger partial charge on any atom is 0.261 e. The van der Waals surface area contributed by atoms with Crippen LogP contribution < -0.4 is 4.90 Å². The van der Waals surface area contributed by atoms with Crippen LogP contribution in [0, 0.1) is 12.7 Å². The number of aryl methyl sites for hydroxylation is 1. The average Bonchev–Trinajstić information content (AvgIpc) is 3.31. The molecule has 0 aliphatic carbocycles. The van der Waals surface area contributed by atoms with E-state index >= 15 is 0 Å². The number of rotatable bonds is 2. The Hall–Kier alpha value is -2.10. The molecule has 3 aromatic rings. The summed E-state index contributed by atoms with van der Waals surface area (Å²) in [6, 6.07) is 5.10. The van der Waals surface area contributed by atoms with Crippen LogP contribution in [-0.4, -0.2) is 47.2 Å². The molecule has 2 saturated heterocycles. The normalized spacial score (nSPS) is 19.0. The molecule has 0 unspecified atom stereocenters. The average molecular weight is 449 g/mol. The van der Waals surface area contributed by atoms with Crippen LogP contribution in [0.4, 0.5) is 10.2 Å². The third-order valence-corrected chi connectivity index (χ3v) is 5.67. The zero-order valence-electron chi connectivity index (χ0n) is 15.2. The Bertz CT molecular complexity index is 1040. The highest BCUT2D eigenvalue weighted by Gasteiger charge is 2.40. The minimum absolute atomic E-state index is 0.312. The van der Waals surface area contributed by atoms with Gasteiger partial charge in [-0.05, 0) is 25.1 Å². The minimum Gasteiger partial charge on any atom is -0.356 e. The van der Waals surface area contributed by atoms with E-state index in [1.54, 1.807) is 6.92 Å². The second-order valence-corrected chi connectivity index (χ2v) is 7.98. The largest absolute Gasteiger partial charge is 0.356 e. The third kappa shape index (κ3) is 3.07. The lowest BCUT2D eigenvalue weighted by molar-refractivity contribution is -0.169. The maximum atomic E-state index is 14.6. The maximum absolute atomic E-state index is 14.6. The van der Waals surface area contributed by atoms with Crippen LogP contribution in [0.2, 0.25) is 0 Å². The van der Waals surface area contributed by atoms with Gasteiger partial charge in [0.2, 0.25) is 0 Å². The van der Waals surface area contributed by atoms with E-state index in [1.165, 1.54) is 6.07 Å². The van der Waals surface area contributed by atoms with E-state index in [2.05, 4.69) is 36.0 Å². The van der Waals surface area contributed by atoms with Crippen LogP contribution in [0.5, 0.6) is 0 Å². The van der Waals surface area contributed by atoms with E-state index < -0.39 is 5.79 Å². The summed E-state index contributed by atoms with van der Waals surface area (Å²) in [6.45, 7) is 4.37. The molecular weight excluding hydrogens is 431 g/mol. The Balaban J connectivity index is 1.60. The first-order valence-electron chi connectivity index (χ1n) is 9.16. The molecule has 5 rings (SSSR count). The molecule has 2 fully saturated rings. The van der Waals surface area contributed by atoms with Crippen LogP contribution in [-0.2, 0) is 9.47 Å². The Morgan fingerprint density at radius 1 is 1.11 bits per heavy atom. The molecule has 0 radical (unpaired) electrons. The van der Waals surface area contributed by atoms with Crippen LogP contribution in [0.25, 0.3) is 22.4 Å². The number of hydrogen-bond acceptors (Lipinski definition) is 7. The number of ether oxygens (including phenoxy) is 2. The number of anilines is 1. The van der Waals surface area contributed by atoms with Crippen molar-refractivity contribution < 1.29 is 18.4 Å². The van der Waals surface area contributed by atoms with Crippen molar-refractivity contribution in [3.63, 3.8) is 0 Å². The smallest absolute Gasteiger partial charge is 0.261 e. The number of hydrogen-bond donors (Lipinski definition) is 0. The lowest BCUT2D eigenvalue weighted by Crippen LogP contribution is -2.45. The highest BCUT2D eigenvalue weighted by Crippen LogP contribution is 2.38. The van der Waals surface area contributed by atoms with Crippen molar-refractivity contribution in [3.05, 3.63) is 34.3 Å². The van der Waals surface area contributed by atoms with Crippen molar-refractivity contribution in [2.75, 3.05) is 31.2 Å². The standard InChI is InChI=1S/C19H18BrFN4O3/c1-11-22-18(28-24-11)14-9-12-8-13(20)10-15(21)16(12)23-17(14)25-4-2-19(3-5-25)26-6-7-27-19/h8-10H,2-7H2,1H3. The Morgan fingerprint density at radius 2 is 1.86 bits per heavy atom. The van der Waals surface area contributed by atoms with Crippen LogP contribution in [0.15, 0.2) is 27.2 Å². The van der Waals surface area contributed by atoms with Crippen LogP contribution in [0.1, 0.15) is 18.7 Å². The fourth-order valence-corrected chi connectivity index (χ4v) is 4.30. The van der Waals surface area contributed by atoms with Crippen molar-refractivity contribution in [2.24, 2.45) is 0 Å². The van der Waals surface area contributed by atoms with Gasteiger partial charge in [0, 0.05) is 35.8 Å². The first-order valence-corrected chi connectivity index (χ1v) is 9.96. The molecule has 2 aromatic heterocycles. The molecule has 0 bridgehead atoms. The van der Waals surface area contributed by atoms with E-state index in [-0.39, 0.29) is 5.82 Å². The van der Waals surface area contributed by atoms with Gasteiger partial charge in [0.1, 0.15) is 11.3 Å². The van der Waals surface area contributed by atoms with Gasteiger partial charge in [-0.15, -0.1) is 0 Å². The van der Waals surface area contributed by atoms with E-state index in [9.17, 15) is 4.39 Å². The monoisotopic (exact) mass is 448 g/mol. The van der Waals surface area contributed by atoms with Gasteiger partial charge < -0.3 is 18.9 Å². The zero-order valence-corrected chi connectivity index (χ0v) is 16.8. The van der Waals surface area contributed by atoms with E-state index in [4.69, 9.17) is 14.0 Å². The van der Waals surface area contributed by atoms with Crippen molar-refractivity contribution in [1.29, 1.82) is 0 Å². The molecule has 0 atom stereocenters. The van der Waals surface area contributed by atoms with Gasteiger partial charge >= 0.3 is 0 Å². The van der Waals surface area contributed by atoms with Gasteiger partial charge in [0.25, 0.3) is 5.89 Å². The lowest BCUT2D eigenvalue weighted by atomic mass is 10.0. The summed E-state index contributed by atoms with van der Waals surface area (Å²) in [5, 5.41) is 4.56. The zero-order chi connectivity index (χ0) is 19.3. The minimum atomic E-state index is -0.495. The topological polar surface area (TPSA) is 73.5 Å². The molecule has 4 heterocycles. The van der Waals surface area contributed by atoms with Gasteiger partial charge in [-0.25, -0.2) is 9.37 Å². The van der Waals surface area contributed by atoms with E-state index in [0.717, 1.165) is 12.8 Å². The summed E-state index contributed by atoms with van der Waals surface area (Å²) in [6.07, 6.45) is 1.44. The van der Waals surface area contributed by atoms with E-state index in [1.807, 2.05) is 12.1 Å². The highest BCUT2D eigenvalue weighted by atomic mass is 79.9. The summed E-state index contributed by atoms with van der Waals surface area (Å²) >= 11 is 3.34. The van der Waals surface area contributed by atoms with Gasteiger partial charge in [-0.3, -0.25) is 0 Å². The summed E-state index contributed by atoms with van der Waals surface area (Å²) in [5.74, 6) is 0.660. The lowest BCUT2D eigenvalue weighted by Gasteiger charge is -2.38.